The smallest absolute Gasteiger partial charge is 0.0870 e. The molecule has 1 unspecified atom stereocenters. The molecule has 3 heteroatoms. The van der Waals surface area contributed by atoms with Crippen LogP contribution in [0.15, 0.2) is 36.5 Å². The molecule has 0 spiro atoms. The first-order valence-electron chi connectivity index (χ1n) is 7.80. The van der Waals surface area contributed by atoms with Crippen LogP contribution in [0.5, 0.6) is 0 Å². The van der Waals surface area contributed by atoms with Gasteiger partial charge in [-0.25, -0.2) is 0 Å². The molecular formula is C18H24N2O. The first-order valence-corrected chi connectivity index (χ1v) is 7.80. The molecule has 0 radical (unpaired) electrons. The molecule has 1 saturated carbocycles. The zero-order valence-electron chi connectivity index (χ0n) is 12.9. The average molecular weight is 284 g/mol. The van der Waals surface area contributed by atoms with Crippen LogP contribution in [0.2, 0.25) is 0 Å². The first kappa shape index (κ1) is 14.5. The van der Waals surface area contributed by atoms with Crippen molar-refractivity contribution in [2.24, 2.45) is 11.7 Å². The van der Waals surface area contributed by atoms with Crippen LogP contribution < -0.4 is 5.73 Å². The molecule has 1 aliphatic rings. The van der Waals surface area contributed by atoms with E-state index in [9.17, 15) is 0 Å². The topological polar surface area (TPSA) is 48.1 Å². The van der Waals surface area contributed by atoms with Gasteiger partial charge in [0.2, 0.25) is 0 Å². The first-order chi connectivity index (χ1) is 10.1. The van der Waals surface area contributed by atoms with Crippen molar-refractivity contribution in [3.05, 3.63) is 42.1 Å². The highest BCUT2D eigenvalue weighted by Crippen LogP contribution is 2.42. The third kappa shape index (κ3) is 2.68. The molecule has 1 heterocycles. The van der Waals surface area contributed by atoms with E-state index < -0.39 is 0 Å². The Bertz CT molecular complexity index is 617. The number of nitrogens with two attached hydrogens (primary N) is 1. The number of hydrogen-bond acceptors (Lipinski definition) is 3. The molecule has 21 heavy (non-hydrogen) atoms. The number of methoxy groups -OCH3 is 1. The summed E-state index contributed by atoms with van der Waals surface area (Å²) in [5, 5.41) is 1.14. The second-order valence-electron chi connectivity index (χ2n) is 6.38. The Morgan fingerprint density at radius 3 is 2.76 bits per heavy atom. The Morgan fingerprint density at radius 2 is 2.05 bits per heavy atom. The monoisotopic (exact) mass is 284 g/mol. The summed E-state index contributed by atoms with van der Waals surface area (Å²) in [5.74, 6) is 0.779. The van der Waals surface area contributed by atoms with E-state index in [1.165, 1.54) is 12.8 Å². The number of nitrogens with zero attached hydrogens (tertiary/aromatic N) is 1. The summed E-state index contributed by atoms with van der Waals surface area (Å²) in [4.78, 5) is 4.37. The van der Waals surface area contributed by atoms with Crippen molar-refractivity contribution < 1.29 is 4.74 Å². The summed E-state index contributed by atoms with van der Waals surface area (Å²) in [7, 11) is 1.80. The van der Waals surface area contributed by atoms with E-state index in [4.69, 9.17) is 10.5 Å². The standard InChI is InChI=1S/C18H24N2O/c1-13-7-9-18(21-2,10-8-13)17(19)15-5-6-16-14(12-15)4-3-11-20-16/h3-6,11-13,17H,7-10,19H2,1-2H3. The summed E-state index contributed by atoms with van der Waals surface area (Å²) in [6.45, 7) is 2.31. The van der Waals surface area contributed by atoms with E-state index in [0.717, 1.165) is 35.2 Å². The number of rotatable bonds is 3. The van der Waals surface area contributed by atoms with Crippen molar-refractivity contribution in [3.63, 3.8) is 0 Å². The molecule has 2 N–H and O–H groups in total. The molecule has 1 fully saturated rings. The molecule has 2 aromatic rings. The van der Waals surface area contributed by atoms with E-state index in [0.29, 0.717) is 0 Å². The molecule has 1 aliphatic carbocycles. The zero-order valence-corrected chi connectivity index (χ0v) is 12.9. The van der Waals surface area contributed by atoms with Crippen LogP contribution in [-0.4, -0.2) is 17.7 Å². The van der Waals surface area contributed by atoms with Crippen molar-refractivity contribution >= 4 is 10.9 Å². The molecular weight excluding hydrogens is 260 g/mol. The highest BCUT2D eigenvalue weighted by atomic mass is 16.5. The number of fused-ring (bicyclic) bond motifs is 1. The van der Waals surface area contributed by atoms with Crippen molar-refractivity contribution in [3.8, 4) is 0 Å². The Hall–Kier alpha value is -1.45. The van der Waals surface area contributed by atoms with Crippen LogP contribution >= 0.6 is 0 Å². The molecule has 0 saturated heterocycles. The summed E-state index contributed by atoms with van der Waals surface area (Å²) in [6.07, 6.45) is 6.28. The Balaban J connectivity index is 1.92. The summed E-state index contributed by atoms with van der Waals surface area (Å²) in [6, 6.07) is 10.3. The molecule has 1 atom stereocenters. The fraction of sp³-hybridized carbons (Fsp3) is 0.500. The van der Waals surface area contributed by atoms with Gasteiger partial charge in [0, 0.05) is 18.7 Å². The lowest BCUT2D eigenvalue weighted by molar-refractivity contribution is -0.0671. The van der Waals surface area contributed by atoms with Crippen molar-refractivity contribution in [2.45, 2.75) is 44.2 Å². The average Bonchev–Trinajstić information content (AvgIpc) is 2.55. The van der Waals surface area contributed by atoms with Gasteiger partial charge in [0.15, 0.2) is 0 Å². The number of hydrogen-bond donors (Lipinski definition) is 1. The van der Waals surface area contributed by atoms with E-state index in [2.05, 4.69) is 36.2 Å². The van der Waals surface area contributed by atoms with Crippen LogP contribution in [0, 0.1) is 5.92 Å². The highest BCUT2D eigenvalue weighted by Gasteiger charge is 2.40. The van der Waals surface area contributed by atoms with Crippen molar-refractivity contribution in [1.82, 2.24) is 4.98 Å². The van der Waals surface area contributed by atoms with Crippen LogP contribution in [0.4, 0.5) is 0 Å². The van der Waals surface area contributed by atoms with Crippen molar-refractivity contribution in [1.29, 1.82) is 0 Å². The minimum Gasteiger partial charge on any atom is -0.376 e. The fourth-order valence-electron chi connectivity index (χ4n) is 3.48. The van der Waals surface area contributed by atoms with E-state index >= 15 is 0 Å². The van der Waals surface area contributed by atoms with Gasteiger partial charge in [-0.3, -0.25) is 4.98 Å². The third-order valence-corrected chi connectivity index (χ3v) is 5.08. The lowest BCUT2D eigenvalue weighted by Crippen LogP contribution is -2.45. The highest BCUT2D eigenvalue weighted by molar-refractivity contribution is 5.79. The number of aromatic nitrogens is 1. The van der Waals surface area contributed by atoms with Crippen LogP contribution in [0.25, 0.3) is 10.9 Å². The summed E-state index contributed by atoms with van der Waals surface area (Å²) < 4.78 is 5.91. The summed E-state index contributed by atoms with van der Waals surface area (Å²) in [5.41, 5.74) is 8.54. The predicted octanol–water partition coefficient (Wildman–Crippen LogP) is 3.83. The molecule has 0 bridgehead atoms. The van der Waals surface area contributed by atoms with Gasteiger partial charge in [0.25, 0.3) is 0 Å². The van der Waals surface area contributed by atoms with Gasteiger partial charge in [0.1, 0.15) is 0 Å². The maximum atomic E-state index is 6.61. The van der Waals surface area contributed by atoms with Gasteiger partial charge < -0.3 is 10.5 Å². The van der Waals surface area contributed by atoms with Gasteiger partial charge in [0.05, 0.1) is 17.2 Å². The molecule has 0 amide bonds. The van der Waals surface area contributed by atoms with Gasteiger partial charge in [-0.15, -0.1) is 0 Å². The Labute approximate surface area is 126 Å². The lowest BCUT2D eigenvalue weighted by Gasteiger charge is -2.42. The lowest BCUT2D eigenvalue weighted by atomic mass is 9.73. The molecule has 1 aromatic heterocycles. The predicted molar refractivity (Wildman–Crippen MR) is 86.0 cm³/mol. The normalized spacial score (nSPS) is 27.7. The SMILES string of the molecule is COC1(C(N)c2ccc3ncccc3c2)CCC(C)CC1. The quantitative estimate of drug-likeness (QED) is 0.931. The largest absolute Gasteiger partial charge is 0.376 e. The maximum Gasteiger partial charge on any atom is 0.0870 e. The third-order valence-electron chi connectivity index (χ3n) is 5.08. The number of pyridine rings is 1. The van der Waals surface area contributed by atoms with E-state index in [1.807, 2.05) is 12.3 Å². The van der Waals surface area contributed by atoms with Gasteiger partial charge in [-0.05, 0) is 55.4 Å². The summed E-state index contributed by atoms with van der Waals surface area (Å²) >= 11 is 0. The number of ether oxygens (including phenoxy) is 1. The molecule has 0 aliphatic heterocycles. The Morgan fingerprint density at radius 1 is 1.29 bits per heavy atom. The second kappa shape index (κ2) is 5.74. The molecule has 112 valence electrons. The maximum absolute atomic E-state index is 6.61. The van der Waals surface area contributed by atoms with Crippen LogP contribution in [0.3, 0.4) is 0 Å². The molecule has 3 rings (SSSR count). The minimum absolute atomic E-state index is 0.0837. The van der Waals surface area contributed by atoms with Gasteiger partial charge in [-0.2, -0.15) is 0 Å². The van der Waals surface area contributed by atoms with Crippen LogP contribution in [-0.2, 0) is 4.74 Å². The molecule has 1 aromatic carbocycles. The van der Waals surface area contributed by atoms with E-state index in [1.54, 1.807) is 7.11 Å². The second-order valence-corrected chi connectivity index (χ2v) is 6.38. The molecule has 3 nitrogen and oxygen atoms in total. The fourth-order valence-corrected chi connectivity index (χ4v) is 3.48. The van der Waals surface area contributed by atoms with Gasteiger partial charge in [-0.1, -0.05) is 19.1 Å². The van der Waals surface area contributed by atoms with Gasteiger partial charge >= 0.3 is 0 Å². The zero-order chi connectivity index (χ0) is 14.9. The Kier molecular flexibility index (Phi) is 3.96. The van der Waals surface area contributed by atoms with E-state index in [-0.39, 0.29) is 11.6 Å². The minimum atomic E-state index is -0.220. The number of benzene rings is 1. The van der Waals surface area contributed by atoms with Crippen LogP contribution in [0.1, 0.15) is 44.2 Å². The van der Waals surface area contributed by atoms with Crippen molar-refractivity contribution in [2.75, 3.05) is 7.11 Å².